The number of hydrogen-bond donors (Lipinski definition) is 1. The first-order chi connectivity index (χ1) is 14.2. The number of ether oxygens (including phenoxy) is 1. The number of esters is 1. The molecule has 0 heterocycles. The van der Waals surface area contributed by atoms with E-state index in [1.807, 2.05) is 0 Å². The minimum absolute atomic E-state index is 0.00405. The molecule has 0 radical (unpaired) electrons. The highest BCUT2D eigenvalue weighted by Crippen LogP contribution is 2.68. The fraction of sp³-hybridized carbons (Fsp3) is 0.923. The second-order valence-electron chi connectivity index (χ2n) is 11.8. The Kier molecular flexibility index (Phi) is 6.00. The molecule has 0 amide bonds. The van der Waals surface area contributed by atoms with Crippen LogP contribution in [-0.2, 0) is 14.3 Å². The van der Waals surface area contributed by atoms with Crippen LogP contribution in [0.4, 0.5) is 0 Å². The molecule has 4 aliphatic rings. The fourth-order valence-electron chi connectivity index (χ4n) is 9.17. The third-order valence-electron chi connectivity index (χ3n) is 10.8. The van der Waals surface area contributed by atoms with Gasteiger partial charge in [0.05, 0.1) is 13.0 Å². The smallest absolute Gasteiger partial charge is 0.308 e. The molecule has 1 N–H and O–H groups in total. The number of rotatable bonds is 5. The van der Waals surface area contributed by atoms with E-state index in [0.29, 0.717) is 35.0 Å². The predicted molar refractivity (Wildman–Crippen MR) is 117 cm³/mol. The highest BCUT2D eigenvalue weighted by Gasteiger charge is 2.60. The molecule has 4 heteroatoms. The van der Waals surface area contributed by atoms with Gasteiger partial charge in [0.1, 0.15) is 0 Å². The SMILES string of the molecule is COC(=O)C1CC[C@@]2(C)[C@H](CC[C@@H]3[C@@H]2CC[C@]2(C)[C@@H]([C@H](C)CCC(=O)O)CC[C@@H]32)C1. The number of carbonyl (C=O) groups excluding carboxylic acids is 1. The van der Waals surface area contributed by atoms with E-state index in [0.717, 1.165) is 37.0 Å². The third kappa shape index (κ3) is 3.50. The largest absolute Gasteiger partial charge is 0.481 e. The Morgan fingerprint density at radius 1 is 1.00 bits per heavy atom. The molecular formula is C26H42O4. The monoisotopic (exact) mass is 418 g/mol. The summed E-state index contributed by atoms with van der Waals surface area (Å²) in [4.78, 5) is 23.3. The molecule has 0 bridgehead atoms. The highest BCUT2D eigenvalue weighted by molar-refractivity contribution is 5.72. The van der Waals surface area contributed by atoms with E-state index >= 15 is 0 Å². The Morgan fingerprint density at radius 2 is 1.70 bits per heavy atom. The van der Waals surface area contributed by atoms with Gasteiger partial charge in [-0.15, -0.1) is 0 Å². The van der Waals surface area contributed by atoms with Gasteiger partial charge in [-0.25, -0.2) is 0 Å². The average molecular weight is 419 g/mol. The molecule has 4 aliphatic carbocycles. The normalized spacial score (nSPS) is 46.3. The summed E-state index contributed by atoms with van der Waals surface area (Å²) in [6.07, 6.45) is 12.2. The van der Waals surface area contributed by atoms with Crippen LogP contribution in [0.1, 0.15) is 91.4 Å². The van der Waals surface area contributed by atoms with Crippen LogP contribution in [0.15, 0.2) is 0 Å². The van der Waals surface area contributed by atoms with Crippen LogP contribution >= 0.6 is 0 Å². The summed E-state index contributed by atoms with van der Waals surface area (Å²) >= 11 is 0. The van der Waals surface area contributed by atoms with Crippen LogP contribution in [-0.4, -0.2) is 24.2 Å². The number of carboxylic acid groups (broad SMARTS) is 1. The Balaban J connectivity index is 1.48. The molecular weight excluding hydrogens is 376 g/mol. The number of carboxylic acids is 1. The van der Waals surface area contributed by atoms with Crippen LogP contribution in [0.25, 0.3) is 0 Å². The number of fused-ring (bicyclic) bond motifs is 5. The minimum Gasteiger partial charge on any atom is -0.481 e. The van der Waals surface area contributed by atoms with Crippen molar-refractivity contribution in [2.45, 2.75) is 91.4 Å². The van der Waals surface area contributed by atoms with E-state index in [-0.39, 0.29) is 11.9 Å². The molecule has 0 spiro atoms. The number of carbonyl (C=O) groups is 2. The summed E-state index contributed by atoms with van der Waals surface area (Å²) in [5, 5.41) is 9.13. The minimum atomic E-state index is -0.654. The van der Waals surface area contributed by atoms with E-state index in [4.69, 9.17) is 9.84 Å². The van der Waals surface area contributed by atoms with E-state index < -0.39 is 5.97 Å². The molecule has 9 atom stereocenters. The van der Waals surface area contributed by atoms with Gasteiger partial charge in [0.2, 0.25) is 0 Å². The summed E-state index contributed by atoms with van der Waals surface area (Å²) < 4.78 is 5.07. The standard InChI is InChI=1S/C26H42O4/c1-16(5-10-23(27)28)20-8-9-21-19-7-6-18-15-17(24(29)30-4)11-13-25(18,2)22(19)12-14-26(20,21)3/h16-22H,5-15H2,1-4H3,(H,27,28)/t16-,17?,18-,19+,20-,21+,22+,25+,26-/m1/s1. The first-order valence-electron chi connectivity index (χ1n) is 12.5. The van der Waals surface area contributed by atoms with Crippen LogP contribution < -0.4 is 0 Å². The maximum atomic E-state index is 12.2. The summed E-state index contributed by atoms with van der Waals surface area (Å²) in [6.45, 7) is 7.40. The summed E-state index contributed by atoms with van der Waals surface area (Å²) in [6, 6.07) is 0. The van der Waals surface area contributed by atoms with Gasteiger partial charge < -0.3 is 9.84 Å². The van der Waals surface area contributed by atoms with Crippen molar-refractivity contribution in [3.8, 4) is 0 Å². The van der Waals surface area contributed by atoms with Crippen molar-refractivity contribution < 1.29 is 19.4 Å². The van der Waals surface area contributed by atoms with Crippen molar-refractivity contribution >= 4 is 11.9 Å². The summed E-state index contributed by atoms with van der Waals surface area (Å²) in [5.74, 6) is 3.78. The number of hydrogen-bond acceptors (Lipinski definition) is 3. The highest BCUT2D eigenvalue weighted by atomic mass is 16.5. The van der Waals surface area contributed by atoms with Gasteiger partial charge in [-0.2, -0.15) is 0 Å². The van der Waals surface area contributed by atoms with Crippen molar-refractivity contribution in [1.29, 1.82) is 0 Å². The first kappa shape index (κ1) is 22.1. The maximum absolute atomic E-state index is 12.2. The van der Waals surface area contributed by atoms with E-state index in [1.54, 1.807) is 0 Å². The Bertz CT molecular complexity index is 674. The van der Waals surface area contributed by atoms with E-state index in [1.165, 1.54) is 52.1 Å². The molecule has 0 saturated heterocycles. The maximum Gasteiger partial charge on any atom is 0.308 e. The molecule has 30 heavy (non-hydrogen) atoms. The quantitative estimate of drug-likeness (QED) is 0.562. The average Bonchev–Trinajstić information content (AvgIpc) is 3.08. The Labute approximate surface area is 182 Å². The molecule has 0 aromatic rings. The zero-order valence-electron chi connectivity index (χ0n) is 19.5. The molecule has 4 nitrogen and oxygen atoms in total. The van der Waals surface area contributed by atoms with Gasteiger partial charge in [-0.1, -0.05) is 20.8 Å². The van der Waals surface area contributed by atoms with Gasteiger partial charge in [-0.05, 0) is 111 Å². The van der Waals surface area contributed by atoms with Crippen molar-refractivity contribution in [1.82, 2.24) is 0 Å². The predicted octanol–water partition coefficient (Wildman–Crippen LogP) is 5.94. The van der Waals surface area contributed by atoms with Gasteiger partial charge in [0, 0.05) is 6.42 Å². The van der Waals surface area contributed by atoms with Gasteiger partial charge in [-0.3, -0.25) is 9.59 Å². The number of methoxy groups -OCH3 is 1. The Hall–Kier alpha value is -1.06. The number of aliphatic carboxylic acids is 1. The molecule has 0 aromatic carbocycles. The van der Waals surface area contributed by atoms with Crippen molar-refractivity contribution in [3.63, 3.8) is 0 Å². The lowest BCUT2D eigenvalue weighted by Crippen LogP contribution is -2.54. The molecule has 4 saturated carbocycles. The van der Waals surface area contributed by atoms with Crippen LogP contribution in [0, 0.1) is 52.3 Å². The van der Waals surface area contributed by atoms with Crippen molar-refractivity contribution in [2.24, 2.45) is 52.3 Å². The lowest BCUT2D eigenvalue weighted by Gasteiger charge is -2.61. The Morgan fingerprint density at radius 3 is 2.40 bits per heavy atom. The third-order valence-corrected chi connectivity index (χ3v) is 10.8. The van der Waals surface area contributed by atoms with E-state index in [2.05, 4.69) is 20.8 Å². The molecule has 0 aliphatic heterocycles. The summed E-state index contributed by atoms with van der Waals surface area (Å²) in [7, 11) is 1.53. The molecule has 1 unspecified atom stereocenters. The summed E-state index contributed by atoms with van der Waals surface area (Å²) in [5.41, 5.74) is 0.785. The van der Waals surface area contributed by atoms with Crippen LogP contribution in [0.3, 0.4) is 0 Å². The molecule has 170 valence electrons. The van der Waals surface area contributed by atoms with Crippen molar-refractivity contribution in [2.75, 3.05) is 7.11 Å². The zero-order chi connectivity index (χ0) is 21.7. The van der Waals surface area contributed by atoms with E-state index in [9.17, 15) is 9.59 Å². The molecule has 4 rings (SSSR count). The lowest BCUT2D eigenvalue weighted by atomic mass is 9.44. The van der Waals surface area contributed by atoms with Crippen LogP contribution in [0.2, 0.25) is 0 Å². The zero-order valence-corrected chi connectivity index (χ0v) is 19.5. The second-order valence-corrected chi connectivity index (χ2v) is 11.8. The topological polar surface area (TPSA) is 63.6 Å². The van der Waals surface area contributed by atoms with Gasteiger partial charge >= 0.3 is 11.9 Å². The van der Waals surface area contributed by atoms with Gasteiger partial charge in [0.25, 0.3) is 0 Å². The fourth-order valence-corrected chi connectivity index (χ4v) is 9.17. The molecule has 0 aromatic heterocycles. The van der Waals surface area contributed by atoms with Crippen molar-refractivity contribution in [3.05, 3.63) is 0 Å². The van der Waals surface area contributed by atoms with Crippen LogP contribution in [0.5, 0.6) is 0 Å². The second kappa shape index (κ2) is 8.13. The van der Waals surface area contributed by atoms with Gasteiger partial charge in [0.15, 0.2) is 0 Å². The first-order valence-corrected chi connectivity index (χ1v) is 12.5. The lowest BCUT2D eigenvalue weighted by molar-refractivity contribution is -0.155. The molecule has 4 fully saturated rings.